The Balaban J connectivity index is 1.40. The van der Waals surface area contributed by atoms with Crippen LogP contribution in [0, 0.1) is 6.92 Å². The van der Waals surface area contributed by atoms with Crippen LogP contribution in [0.2, 0.25) is 0 Å². The minimum atomic E-state index is -3.48. The van der Waals surface area contributed by atoms with E-state index in [1.807, 2.05) is 31.2 Å². The molecular formula is C18H17N5O3S. The highest BCUT2D eigenvalue weighted by Crippen LogP contribution is 2.30. The molecule has 0 unspecified atom stereocenters. The third-order valence-electron chi connectivity index (χ3n) is 4.30. The van der Waals surface area contributed by atoms with E-state index in [0.29, 0.717) is 30.5 Å². The lowest BCUT2D eigenvalue weighted by molar-refractivity contribution is 0.219. The zero-order chi connectivity index (χ0) is 18.9. The summed E-state index contributed by atoms with van der Waals surface area (Å²) in [6.07, 6.45) is 6.25. The highest BCUT2D eigenvalue weighted by atomic mass is 32.2. The molecule has 27 heavy (non-hydrogen) atoms. The van der Waals surface area contributed by atoms with Gasteiger partial charge in [-0.05, 0) is 18.6 Å². The quantitative estimate of drug-likeness (QED) is 0.666. The molecule has 1 saturated heterocycles. The van der Waals surface area contributed by atoms with Gasteiger partial charge in [-0.1, -0.05) is 35.0 Å². The lowest BCUT2D eigenvalue weighted by atomic mass is 10.0. The normalized spacial score (nSPS) is 15.9. The summed E-state index contributed by atoms with van der Waals surface area (Å²) in [5.41, 5.74) is 2.48. The average Bonchev–Trinajstić information content (AvgIpc) is 3.10. The molecule has 0 saturated carbocycles. The zero-order valence-electron chi connectivity index (χ0n) is 14.6. The van der Waals surface area contributed by atoms with E-state index in [4.69, 9.17) is 4.52 Å². The van der Waals surface area contributed by atoms with Crippen molar-refractivity contribution in [2.24, 2.45) is 0 Å². The zero-order valence-corrected chi connectivity index (χ0v) is 15.4. The Morgan fingerprint density at radius 3 is 2.67 bits per heavy atom. The summed E-state index contributed by atoms with van der Waals surface area (Å²) in [4.78, 5) is 12.4. The Hall–Kier alpha value is -2.91. The molecule has 1 fully saturated rings. The molecule has 0 atom stereocenters. The van der Waals surface area contributed by atoms with Crippen LogP contribution < -0.4 is 0 Å². The van der Waals surface area contributed by atoms with Crippen LogP contribution in [0.3, 0.4) is 0 Å². The van der Waals surface area contributed by atoms with Gasteiger partial charge in [0.1, 0.15) is 5.69 Å². The van der Waals surface area contributed by atoms with Crippen molar-refractivity contribution in [3.8, 4) is 11.5 Å². The molecule has 0 radical (unpaired) electrons. The highest BCUT2D eigenvalue weighted by molar-refractivity contribution is 7.92. The molecule has 0 spiro atoms. The van der Waals surface area contributed by atoms with Crippen LogP contribution in [0.4, 0.5) is 0 Å². The van der Waals surface area contributed by atoms with Gasteiger partial charge in [0.15, 0.2) is 0 Å². The van der Waals surface area contributed by atoms with Crippen molar-refractivity contribution in [2.75, 3.05) is 13.1 Å². The smallest absolute Gasteiger partial charge is 0.236 e. The van der Waals surface area contributed by atoms with E-state index >= 15 is 0 Å². The predicted molar refractivity (Wildman–Crippen MR) is 98.8 cm³/mol. The van der Waals surface area contributed by atoms with E-state index in [-0.39, 0.29) is 5.92 Å². The third-order valence-corrected chi connectivity index (χ3v) is 5.80. The number of rotatable bonds is 5. The van der Waals surface area contributed by atoms with Crippen LogP contribution in [0.15, 0.2) is 52.8 Å². The minimum Gasteiger partial charge on any atom is -0.339 e. The van der Waals surface area contributed by atoms with Crippen molar-refractivity contribution in [3.05, 3.63) is 65.3 Å². The van der Waals surface area contributed by atoms with Gasteiger partial charge < -0.3 is 4.52 Å². The van der Waals surface area contributed by atoms with Gasteiger partial charge in [0.25, 0.3) is 0 Å². The van der Waals surface area contributed by atoms with Crippen molar-refractivity contribution in [2.45, 2.75) is 12.8 Å². The summed E-state index contributed by atoms with van der Waals surface area (Å²) in [7, 11) is -3.48. The Bertz CT molecular complexity index is 1060. The van der Waals surface area contributed by atoms with Crippen LogP contribution in [0.5, 0.6) is 0 Å². The molecule has 0 bridgehead atoms. The number of aromatic nitrogens is 4. The van der Waals surface area contributed by atoms with E-state index in [2.05, 4.69) is 20.1 Å². The molecule has 1 aromatic carbocycles. The summed E-state index contributed by atoms with van der Waals surface area (Å²) in [6, 6.07) is 7.64. The maximum absolute atomic E-state index is 12.4. The van der Waals surface area contributed by atoms with E-state index in [1.54, 1.807) is 24.7 Å². The van der Waals surface area contributed by atoms with Crippen LogP contribution in [-0.4, -0.2) is 45.9 Å². The minimum absolute atomic E-state index is 0.120. The second kappa shape index (κ2) is 7.01. The predicted octanol–water partition coefficient (Wildman–Crippen LogP) is 2.23. The molecule has 3 heterocycles. The molecule has 8 nitrogen and oxygen atoms in total. The number of hydrogen-bond donors (Lipinski definition) is 0. The van der Waals surface area contributed by atoms with Gasteiger partial charge >= 0.3 is 0 Å². The van der Waals surface area contributed by atoms with Crippen LogP contribution in [0.1, 0.15) is 22.9 Å². The Labute approximate surface area is 156 Å². The second-order valence-electron chi connectivity index (χ2n) is 6.32. The standard InChI is InChI=1S/C18H17N5O3S/c1-13-2-4-14(5-3-13)6-9-27(24,25)23-11-15(12-23)18-21-17(22-26-18)16-10-19-7-8-20-16/h2-10,15H,11-12H2,1H3/b9-6+. The first-order chi connectivity index (χ1) is 13.0. The van der Waals surface area contributed by atoms with Gasteiger partial charge in [-0.2, -0.15) is 9.29 Å². The molecule has 138 valence electrons. The van der Waals surface area contributed by atoms with Gasteiger partial charge in [0.2, 0.25) is 21.7 Å². The summed E-state index contributed by atoms with van der Waals surface area (Å²) in [6.45, 7) is 2.60. The van der Waals surface area contributed by atoms with Crippen molar-refractivity contribution in [1.29, 1.82) is 0 Å². The topological polar surface area (TPSA) is 102 Å². The molecule has 2 aromatic heterocycles. The van der Waals surface area contributed by atoms with Crippen molar-refractivity contribution >= 4 is 16.1 Å². The second-order valence-corrected chi connectivity index (χ2v) is 8.14. The summed E-state index contributed by atoms with van der Waals surface area (Å²) >= 11 is 0. The van der Waals surface area contributed by atoms with Gasteiger partial charge in [-0.15, -0.1) is 0 Å². The lowest BCUT2D eigenvalue weighted by Gasteiger charge is -2.34. The monoisotopic (exact) mass is 383 g/mol. The van der Waals surface area contributed by atoms with Crippen molar-refractivity contribution in [3.63, 3.8) is 0 Å². The van der Waals surface area contributed by atoms with E-state index in [0.717, 1.165) is 11.1 Å². The SMILES string of the molecule is Cc1ccc(/C=C/S(=O)(=O)N2CC(c3nc(-c4cnccn4)no3)C2)cc1. The number of sulfonamides is 1. The first kappa shape index (κ1) is 17.5. The number of nitrogens with zero attached hydrogens (tertiary/aromatic N) is 5. The fourth-order valence-corrected chi connectivity index (χ4v) is 3.93. The van der Waals surface area contributed by atoms with E-state index in [1.165, 1.54) is 9.71 Å². The van der Waals surface area contributed by atoms with Gasteiger partial charge in [0, 0.05) is 30.9 Å². The highest BCUT2D eigenvalue weighted by Gasteiger charge is 2.38. The van der Waals surface area contributed by atoms with Crippen molar-refractivity contribution in [1.82, 2.24) is 24.4 Å². The fourth-order valence-electron chi connectivity index (χ4n) is 2.65. The Kier molecular flexibility index (Phi) is 4.54. The molecule has 4 rings (SSSR count). The number of hydrogen-bond acceptors (Lipinski definition) is 7. The largest absolute Gasteiger partial charge is 0.339 e. The molecule has 0 N–H and O–H groups in total. The summed E-state index contributed by atoms with van der Waals surface area (Å²) in [5, 5.41) is 5.12. The number of aryl methyl sites for hydroxylation is 1. The van der Waals surface area contributed by atoms with E-state index in [9.17, 15) is 8.42 Å². The summed E-state index contributed by atoms with van der Waals surface area (Å²) in [5.74, 6) is 0.633. The molecule has 9 heteroatoms. The Morgan fingerprint density at radius 2 is 1.96 bits per heavy atom. The van der Waals surface area contributed by atoms with Crippen LogP contribution in [0.25, 0.3) is 17.6 Å². The summed E-state index contributed by atoms with van der Waals surface area (Å²) < 4.78 is 31.5. The van der Waals surface area contributed by atoms with Gasteiger partial charge in [-0.3, -0.25) is 4.98 Å². The molecular weight excluding hydrogens is 366 g/mol. The van der Waals surface area contributed by atoms with Crippen LogP contribution in [-0.2, 0) is 10.0 Å². The molecule has 1 aliphatic heterocycles. The fraction of sp³-hybridized carbons (Fsp3) is 0.222. The lowest BCUT2D eigenvalue weighted by Crippen LogP contribution is -2.47. The average molecular weight is 383 g/mol. The molecule has 3 aromatic rings. The van der Waals surface area contributed by atoms with Crippen molar-refractivity contribution < 1.29 is 12.9 Å². The molecule has 0 aliphatic carbocycles. The third kappa shape index (κ3) is 3.79. The Morgan fingerprint density at radius 1 is 1.19 bits per heavy atom. The van der Waals surface area contributed by atoms with Gasteiger partial charge in [-0.25, -0.2) is 13.4 Å². The van der Waals surface area contributed by atoms with Gasteiger partial charge in [0.05, 0.1) is 12.1 Å². The molecule has 0 amide bonds. The van der Waals surface area contributed by atoms with E-state index < -0.39 is 10.0 Å². The number of benzene rings is 1. The maximum Gasteiger partial charge on any atom is 0.236 e. The first-order valence-electron chi connectivity index (χ1n) is 8.36. The maximum atomic E-state index is 12.4. The first-order valence-corrected chi connectivity index (χ1v) is 9.86. The molecule has 1 aliphatic rings. The van der Waals surface area contributed by atoms with Crippen LogP contribution >= 0.6 is 0 Å².